The van der Waals surface area contributed by atoms with E-state index in [4.69, 9.17) is 5.73 Å². The summed E-state index contributed by atoms with van der Waals surface area (Å²) >= 11 is 0. The van der Waals surface area contributed by atoms with E-state index >= 15 is 0 Å². The van der Waals surface area contributed by atoms with Crippen molar-refractivity contribution in [1.29, 1.82) is 0 Å². The van der Waals surface area contributed by atoms with Gasteiger partial charge in [0.05, 0.1) is 16.6 Å². The second-order valence-corrected chi connectivity index (χ2v) is 5.89. The molecule has 3 N–H and O–H groups in total. The van der Waals surface area contributed by atoms with Gasteiger partial charge < -0.3 is 15.6 Å². The third kappa shape index (κ3) is 4.42. The zero-order valence-corrected chi connectivity index (χ0v) is 14.5. The Kier molecular flexibility index (Phi) is 6.53. The molecular weight excluding hydrogens is 319 g/mol. The van der Waals surface area contributed by atoms with Crippen molar-refractivity contribution in [2.45, 2.75) is 38.6 Å². The number of amides is 1. The molecule has 0 spiro atoms. The van der Waals surface area contributed by atoms with E-state index in [1.807, 2.05) is 18.5 Å². The maximum absolute atomic E-state index is 13.3. The molecule has 0 saturated heterocycles. The molecule has 0 radical (unpaired) electrons. The quantitative estimate of drug-likeness (QED) is 0.846. The lowest BCUT2D eigenvalue weighted by atomic mass is 9.96. The number of rotatable bonds is 6. The number of aromatic nitrogens is 2. The Labute approximate surface area is 141 Å². The number of nitrogens with zero attached hydrogens (tertiary/aromatic N) is 2. The molecule has 5 nitrogen and oxygen atoms in total. The van der Waals surface area contributed by atoms with Crippen LogP contribution in [0.1, 0.15) is 32.5 Å². The van der Waals surface area contributed by atoms with E-state index < -0.39 is 5.54 Å². The number of carbonyl (C=O) groups excluding carboxylic acids is 1. The molecule has 0 bridgehead atoms. The first kappa shape index (κ1) is 19.4. The van der Waals surface area contributed by atoms with E-state index in [1.54, 1.807) is 13.0 Å². The monoisotopic (exact) mass is 342 g/mol. The summed E-state index contributed by atoms with van der Waals surface area (Å²) < 4.78 is 15.1. The van der Waals surface area contributed by atoms with Gasteiger partial charge in [-0.1, -0.05) is 13.3 Å². The molecule has 128 valence electrons. The van der Waals surface area contributed by atoms with Gasteiger partial charge in [-0.15, -0.1) is 12.4 Å². The van der Waals surface area contributed by atoms with Crippen LogP contribution in [0.5, 0.6) is 0 Å². The van der Waals surface area contributed by atoms with Gasteiger partial charge in [0.25, 0.3) is 0 Å². The molecule has 1 atom stereocenters. The third-order valence-corrected chi connectivity index (χ3v) is 3.86. The Bertz CT molecular complexity index is 684. The average Bonchev–Trinajstić information content (AvgIpc) is 2.75. The van der Waals surface area contributed by atoms with Gasteiger partial charge in [-0.2, -0.15) is 0 Å². The molecule has 1 heterocycles. The normalized spacial score (nSPS) is 13.4. The van der Waals surface area contributed by atoms with Crippen molar-refractivity contribution in [1.82, 2.24) is 14.9 Å². The second-order valence-electron chi connectivity index (χ2n) is 5.89. The molecule has 0 aliphatic carbocycles. The molecule has 0 saturated carbocycles. The maximum atomic E-state index is 13.3. The highest BCUT2D eigenvalue weighted by molar-refractivity contribution is 5.85. The number of fused-ring (bicyclic) bond motifs is 1. The van der Waals surface area contributed by atoms with Crippen LogP contribution in [-0.4, -0.2) is 27.5 Å². The number of hydrogen-bond acceptors (Lipinski definition) is 3. The van der Waals surface area contributed by atoms with Crippen molar-refractivity contribution in [2.24, 2.45) is 12.8 Å². The summed E-state index contributed by atoms with van der Waals surface area (Å²) in [5.41, 5.74) is 6.64. The number of benzene rings is 1. The van der Waals surface area contributed by atoms with Crippen molar-refractivity contribution < 1.29 is 9.18 Å². The first-order valence-corrected chi connectivity index (χ1v) is 7.53. The molecule has 1 aromatic carbocycles. The number of nitrogens with one attached hydrogen (secondary N) is 1. The largest absolute Gasteiger partial charge is 0.354 e. The standard InChI is InChI=1S/C16H23FN4O.ClH/c1-4-8-16(2,18)15(22)19-9-7-14-20-12-6-5-11(17)10-13(12)21(14)3;/h5-6,10H,4,7-9,18H2,1-3H3,(H,19,22);1H. The highest BCUT2D eigenvalue weighted by Gasteiger charge is 2.26. The van der Waals surface area contributed by atoms with Crippen LogP contribution in [0, 0.1) is 5.82 Å². The molecule has 2 rings (SSSR count). The fourth-order valence-corrected chi connectivity index (χ4v) is 2.56. The van der Waals surface area contributed by atoms with Crippen LogP contribution in [0.15, 0.2) is 18.2 Å². The number of aryl methyl sites for hydroxylation is 1. The zero-order valence-electron chi connectivity index (χ0n) is 13.7. The van der Waals surface area contributed by atoms with Gasteiger partial charge >= 0.3 is 0 Å². The summed E-state index contributed by atoms with van der Waals surface area (Å²) in [6.45, 7) is 4.19. The van der Waals surface area contributed by atoms with Gasteiger partial charge in [-0.25, -0.2) is 9.37 Å². The summed E-state index contributed by atoms with van der Waals surface area (Å²) in [6, 6.07) is 4.51. The Balaban J connectivity index is 0.00000264. The lowest BCUT2D eigenvalue weighted by molar-refractivity contribution is -0.126. The van der Waals surface area contributed by atoms with Crippen LogP contribution in [0.3, 0.4) is 0 Å². The van der Waals surface area contributed by atoms with Gasteiger partial charge in [0, 0.05) is 20.0 Å². The van der Waals surface area contributed by atoms with Crippen LogP contribution in [0.2, 0.25) is 0 Å². The highest BCUT2D eigenvalue weighted by atomic mass is 35.5. The van der Waals surface area contributed by atoms with E-state index in [0.717, 1.165) is 23.3 Å². The van der Waals surface area contributed by atoms with Gasteiger partial charge in [0.15, 0.2) is 0 Å². The fraction of sp³-hybridized carbons (Fsp3) is 0.500. The number of imidazole rings is 1. The lowest BCUT2D eigenvalue weighted by Crippen LogP contribution is -2.51. The summed E-state index contributed by atoms with van der Waals surface area (Å²) in [5.74, 6) is 0.364. The van der Waals surface area contributed by atoms with Gasteiger partial charge in [0.1, 0.15) is 11.6 Å². The van der Waals surface area contributed by atoms with E-state index in [2.05, 4.69) is 10.3 Å². The predicted octanol–water partition coefficient (Wildman–Crippen LogP) is 2.31. The van der Waals surface area contributed by atoms with Crippen LogP contribution < -0.4 is 11.1 Å². The summed E-state index contributed by atoms with van der Waals surface area (Å²) in [5, 5.41) is 2.85. The number of nitrogens with two attached hydrogens (primary N) is 1. The minimum absolute atomic E-state index is 0. The van der Waals surface area contributed by atoms with Crippen LogP contribution >= 0.6 is 12.4 Å². The molecule has 0 aliphatic rings. The van der Waals surface area contributed by atoms with E-state index in [1.165, 1.54) is 12.1 Å². The smallest absolute Gasteiger partial charge is 0.239 e. The topological polar surface area (TPSA) is 72.9 Å². The Morgan fingerprint density at radius 1 is 1.48 bits per heavy atom. The Hall–Kier alpha value is -1.66. The van der Waals surface area contributed by atoms with Crippen molar-refractivity contribution >= 4 is 29.3 Å². The molecule has 1 amide bonds. The summed E-state index contributed by atoms with van der Waals surface area (Å²) in [7, 11) is 1.84. The SMILES string of the molecule is CCCC(C)(N)C(=O)NCCc1nc2ccc(F)cc2n1C.Cl. The summed E-state index contributed by atoms with van der Waals surface area (Å²) in [6.07, 6.45) is 2.07. The van der Waals surface area contributed by atoms with Gasteiger partial charge in [0.2, 0.25) is 5.91 Å². The van der Waals surface area contributed by atoms with Crippen LogP contribution in [-0.2, 0) is 18.3 Å². The molecule has 1 aromatic heterocycles. The van der Waals surface area contributed by atoms with Gasteiger partial charge in [-0.05, 0) is 31.5 Å². The van der Waals surface area contributed by atoms with Crippen LogP contribution in [0.4, 0.5) is 4.39 Å². The number of halogens is 2. The fourth-order valence-electron chi connectivity index (χ4n) is 2.56. The molecule has 7 heteroatoms. The van der Waals surface area contributed by atoms with Crippen LogP contribution in [0.25, 0.3) is 11.0 Å². The molecule has 0 fully saturated rings. The molecular formula is C16H24ClFN4O. The number of hydrogen-bond donors (Lipinski definition) is 2. The van der Waals surface area contributed by atoms with E-state index in [9.17, 15) is 9.18 Å². The minimum atomic E-state index is -0.843. The Morgan fingerprint density at radius 3 is 2.83 bits per heavy atom. The molecule has 0 aliphatic heterocycles. The van der Waals surface area contributed by atoms with Crippen molar-refractivity contribution in [3.63, 3.8) is 0 Å². The second kappa shape index (κ2) is 7.75. The zero-order chi connectivity index (χ0) is 16.3. The van der Waals surface area contributed by atoms with Crippen molar-refractivity contribution in [3.05, 3.63) is 29.8 Å². The van der Waals surface area contributed by atoms with Gasteiger partial charge in [-0.3, -0.25) is 4.79 Å². The van der Waals surface area contributed by atoms with Crippen molar-refractivity contribution in [3.8, 4) is 0 Å². The van der Waals surface area contributed by atoms with E-state index in [0.29, 0.717) is 19.4 Å². The third-order valence-electron chi connectivity index (χ3n) is 3.86. The first-order chi connectivity index (χ1) is 10.3. The summed E-state index contributed by atoms with van der Waals surface area (Å²) in [4.78, 5) is 16.5. The molecule has 23 heavy (non-hydrogen) atoms. The molecule has 1 unspecified atom stereocenters. The first-order valence-electron chi connectivity index (χ1n) is 7.53. The molecule has 2 aromatic rings. The number of carbonyl (C=O) groups is 1. The highest BCUT2D eigenvalue weighted by Crippen LogP contribution is 2.16. The predicted molar refractivity (Wildman–Crippen MR) is 92.1 cm³/mol. The Morgan fingerprint density at radius 2 is 2.17 bits per heavy atom. The maximum Gasteiger partial charge on any atom is 0.239 e. The lowest BCUT2D eigenvalue weighted by Gasteiger charge is -2.22. The average molecular weight is 343 g/mol. The van der Waals surface area contributed by atoms with E-state index in [-0.39, 0.29) is 24.1 Å². The van der Waals surface area contributed by atoms with Crippen molar-refractivity contribution in [2.75, 3.05) is 6.54 Å². The minimum Gasteiger partial charge on any atom is -0.354 e.